The number of aromatic nitrogens is 2. The summed E-state index contributed by atoms with van der Waals surface area (Å²) in [4.78, 5) is 6.88. The van der Waals surface area contributed by atoms with Gasteiger partial charge in [-0.1, -0.05) is 45.4 Å². The molecule has 0 bridgehead atoms. The van der Waals surface area contributed by atoms with Crippen molar-refractivity contribution in [3.8, 4) is 11.5 Å². The molecular weight excluding hydrogens is 444 g/mol. The zero-order valence-electron chi connectivity index (χ0n) is 15.0. The number of rotatable bonds is 5. The summed E-state index contributed by atoms with van der Waals surface area (Å²) >= 11 is 3.33. The molecule has 1 aliphatic heterocycles. The summed E-state index contributed by atoms with van der Waals surface area (Å²) in [5.74, 6) is 1.09. The van der Waals surface area contributed by atoms with Crippen molar-refractivity contribution in [2.75, 3.05) is 26.2 Å². The molecule has 0 saturated carbocycles. The summed E-state index contributed by atoms with van der Waals surface area (Å²) in [7, 11) is -3.49. The zero-order valence-corrected chi connectivity index (χ0v) is 17.4. The second-order valence-electron chi connectivity index (χ2n) is 6.52. The first kappa shape index (κ1) is 19.3. The molecule has 4 rings (SSSR count). The summed E-state index contributed by atoms with van der Waals surface area (Å²) in [5, 5.41) is 4.05. The Bertz CT molecular complexity index is 1050. The van der Waals surface area contributed by atoms with Crippen LogP contribution in [0.3, 0.4) is 0 Å². The highest BCUT2D eigenvalue weighted by Crippen LogP contribution is 2.22. The van der Waals surface area contributed by atoms with E-state index in [0.717, 1.165) is 10.0 Å². The number of halogens is 1. The Morgan fingerprint density at radius 2 is 1.75 bits per heavy atom. The van der Waals surface area contributed by atoms with E-state index in [-0.39, 0.29) is 0 Å². The molecule has 0 spiro atoms. The van der Waals surface area contributed by atoms with E-state index in [2.05, 4.69) is 31.0 Å². The van der Waals surface area contributed by atoms with Gasteiger partial charge in [0.25, 0.3) is 5.89 Å². The SMILES string of the molecule is O=S(=O)(c1cccc(Br)c1)N1CCN(Cc2noc(-c3ccccc3)n2)CC1. The van der Waals surface area contributed by atoms with E-state index in [9.17, 15) is 8.42 Å². The smallest absolute Gasteiger partial charge is 0.257 e. The van der Waals surface area contributed by atoms with E-state index < -0.39 is 10.0 Å². The number of piperazine rings is 1. The van der Waals surface area contributed by atoms with Crippen molar-refractivity contribution in [2.24, 2.45) is 0 Å². The fourth-order valence-electron chi connectivity index (χ4n) is 3.12. The van der Waals surface area contributed by atoms with Crippen molar-refractivity contribution >= 4 is 26.0 Å². The van der Waals surface area contributed by atoms with Crippen LogP contribution in [0, 0.1) is 0 Å². The lowest BCUT2D eigenvalue weighted by Crippen LogP contribution is -2.48. The van der Waals surface area contributed by atoms with Crippen LogP contribution >= 0.6 is 15.9 Å². The third-order valence-corrected chi connectivity index (χ3v) is 7.01. The third-order valence-electron chi connectivity index (χ3n) is 4.62. The molecule has 1 saturated heterocycles. The molecule has 2 aromatic carbocycles. The Labute approximate surface area is 172 Å². The quantitative estimate of drug-likeness (QED) is 0.579. The van der Waals surface area contributed by atoms with Gasteiger partial charge in [-0.3, -0.25) is 4.90 Å². The minimum Gasteiger partial charge on any atom is -0.334 e. The molecule has 1 aliphatic rings. The van der Waals surface area contributed by atoms with E-state index in [1.165, 1.54) is 4.31 Å². The molecule has 0 N–H and O–H groups in total. The summed E-state index contributed by atoms with van der Waals surface area (Å²) in [5.41, 5.74) is 0.881. The number of benzene rings is 2. The molecule has 1 fully saturated rings. The molecule has 0 unspecified atom stereocenters. The predicted octanol–water partition coefficient (Wildman–Crippen LogP) is 3.01. The largest absolute Gasteiger partial charge is 0.334 e. The average molecular weight is 463 g/mol. The van der Waals surface area contributed by atoms with Crippen LogP contribution < -0.4 is 0 Å². The molecule has 28 heavy (non-hydrogen) atoms. The molecule has 7 nitrogen and oxygen atoms in total. The summed E-state index contributed by atoms with van der Waals surface area (Å²) < 4.78 is 33.2. The number of hydrogen-bond acceptors (Lipinski definition) is 6. The minimum atomic E-state index is -3.49. The maximum atomic E-state index is 12.8. The van der Waals surface area contributed by atoms with Gasteiger partial charge in [-0.25, -0.2) is 8.42 Å². The van der Waals surface area contributed by atoms with Gasteiger partial charge in [-0.15, -0.1) is 0 Å². The first-order chi connectivity index (χ1) is 13.5. The van der Waals surface area contributed by atoms with Crippen LogP contribution in [-0.4, -0.2) is 53.9 Å². The van der Waals surface area contributed by atoms with Crippen LogP contribution in [0.1, 0.15) is 5.82 Å². The van der Waals surface area contributed by atoms with Crippen LogP contribution in [0.2, 0.25) is 0 Å². The Kier molecular flexibility index (Phi) is 5.58. The zero-order chi connectivity index (χ0) is 19.6. The van der Waals surface area contributed by atoms with Gasteiger partial charge in [0.2, 0.25) is 10.0 Å². The van der Waals surface area contributed by atoms with Crippen LogP contribution in [-0.2, 0) is 16.6 Å². The van der Waals surface area contributed by atoms with Gasteiger partial charge in [-0.2, -0.15) is 9.29 Å². The van der Waals surface area contributed by atoms with E-state index in [4.69, 9.17) is 4.52 Å². The molecule has 0 aliphatic carbocycles. The van der Waals surface area contributed by atoms with Crippen LogP contribution in [0.5, 0.6) is 0 Å². The van der Waals surface area contributed by atoms with E-state index in [0.29, 0.717) is 49.3 Å². The maximum absolute atomic E-state index is 12.8. The van der Waals surface area contributed by atoms with Crippen LogP contribution in [0.4, 0.5) is 0 Å². The lowest BCUT2D eigenvalue weighted by molar-refractivity contribution is 0.176. The molecular formula is C19H19BrN4O3S. The monoisotopic (exact) mass is 462 g/mol. The Hall–Kier alpha value is -2.07. The predicted molar refractivity (Wildman–Crippen MR) is 108 cm³/mol. The lowest BCUT2D eigenvalue weighted by atomic mass is 10.2. The van der Waals surface area contributed by atoms with Crippen molar-refractivity contribution < 1.29 is 12.9 Å². The fraction of sp³-hybridized carbons (Fsp3) is 0.263. The van der Waals surface area contributed by atoms with Gasteiger partial charge >= 0.3 is 0 Å². The molecule has 9 heteroatoms. The second-order valence-corrected chi connectivity index (χ2v) is 9.37. The van der Waals surface area contributed by atoms with E-state index >= 15 is 0 Å². The van der Waals surface area contributed by atoms with Crippen molar-refractivity contribution in [1.29, 1.82) is 0 Å². The molecule has 0 radical (unpaired) electrons. The molecule has 2 heterocycles. The molecule has 146 valence electrons. The third kappa shape index (κ3) is 4.17. The highest BCUT2D eigenvalue weighted by molar-refractivity contribution is 9.10. The van der Waals surface area contributed by atoms with Crippen LogP contribution in [0.15, 0.2) is 68.5 Å². The standard InChI is InChI=1S/C19H19BrN4O3S/c20-16-7-4-8-17(13-16)28(25,26)24-11-9-23(10-12-24)14-18-21-19(27-22-18)15-5-2-1-3-6-15/h1-8,13H,9-12,14H2. The number of sulfonamides is 1. The highest BCUT2D eigenvalue weighted by atomic mass is 79.9. The van der Waals surface area contributed by atoms with Gasteiger partial charge in [0.05, 0.1) is 11.4 Å². The van der Waals surface area contributed by atoms with Gasteiger partial charge in [0.15, 0.2) is 5.82 Å². The Balaban J connectivity index is 1.38. The van der Waals surface area contributed by atoms with Gasteiger partial charge in [0.1, 0.15) is 0 Å². The lowest BCUT2D eigenvalue weighted by Gasteiger charge is -2.33. The molecule has 0 amide bonds. The normalized spacial score (nSPS) is 16.3. The molecule has 0 atom stereocenters. The van der Waals surface area contributed by atoms with Crippen molar-refractivity contribution in [3.05, 3.63) is 64.9 Å². The van der Waals surface area contributed by atoms with Gasteiger partial charge in [-0.05, 0) is 30.3 Å². The summed E-state index contributed by atoms with van der Waals surface area (Å²) in [6, 6.07) is 16.4. The van der Waals surface area contributed by atoms with E-state index in [1.54, 1.807) is 18.2 Å². The van der Waals surface area contributed by atoms with Crippen LogP contribution in [0.25, 0.3) is 11.5 Å². The Morgan fingerprint density at radius 1 is 1.00 bits per heavy atom. The summed E-state index contributed by atoms with van der Waals surface area (Å²) in [6.07, 6.45) is 0. The van der Waals surface area contributed by atoms with Gasteiger partial charge < -0.3 is 4.52 Å². The molecule has 1 aromatic heterocycles. The van der Waals surface area contributed by atoms with Gasteiger partial charge in [0, 0.05) is 36.2 Å². The minimum absolute atomic E-state index is 0.306. The fourth-order valence-corrected chi connectivity index (χ4v) is 5.14. The second kappa shape index (κ2) is 8.12. The number of hydrogen-bond donors (Lipinski definition) is 0. The topological polar surface area (TPSA) is 79.5 Å². The number of nitrogens with zero attached hydrogens (tertiary/aromatic N) is 4. The van der Waals surface area contributed by atoms with Crippen molar-refractivity contribution in [2.45, 2.75) is 11.4 Å². The summed E-state index contributed by atoms with van der Waals surface area (Å²) in [6.45, 7) is 2.61. The maximum Gasteiger partial charge on any atom is 0.257 e. The first-order valence-electron chi connectivity index (χ1n) is 8.88. The molecule has 3 aromatic rings. The van der Waals surface area contributed by atoms with Crippen molar-refractivity contribution in [3.63, 3.8) is 0 Å². The average Bonchev–Trinajstić information content (AvgIpc) is 3.18. The van der Waals surface area contributed by atoms with Crippen molar-refractivity contribution in [1.82, 2.24) is 19.3 Å². The highest BCUT2D eigenvalue weighted by Gasteiger charge is 2.29. The Morgan fingerprint density at radius 3 is 2.46 bits per heavy atom. The van der Waals surface area contributed by atoms with E-state index in [1.807, 2.05) is 36.4 Å². The first-order valence-corrected chi connectivity index (χ1v) is 11.1.